The third-order valence-corrected chi connectivity index (χ3v) is 6.60. The summed E-state index contributed by atoms with van der Waals surface area (Å²) in [5, 5.41) is 3.10. The number of aryl methyl sites for hydroxylation is 3. The number of aromatic nitrogens is 4. The number of amides is 1. The maximum absolute atomic E-state index is 13.0. The van der Waals surface area contributed by atoms with E-state index < -0.39 is 0 Å². The predicted molar refractivity (Wildman–Crippen MR) is 122 cm³/mol. The number of piperidine rings is 1. The fourth-order valence-electron chi connectivity index (χ4n) is 4.81. The first kappa shape index (κ1) is 20.0. The van der Waals surface area contributed by atoms with Crippen LogP contribution in [0.1, 0.15) is 50.4 Å². The standard InChI is InChI=1S/C24H30N6O/c1-2-17-9-11-19(12-10-17)27-24(31)18-7-6-13-29(15-18)22-21-23(26-16-25-22)30-14-5-3-4-8-20(30)28-21/h9-12,16,18H,2-8,13-15H2,1H3,(H,27,31)/t18-/m0/s1. The number of carbonyl (C=O) groups is 1. The zero-order valence-electron chi connectivity index (χ0n) is 18.2. The Morgan fingerprint density at radius 1 is 1.10 bits per heavy atom. The van der Waals surface area contributed by atoms with Gasteiger partial charge in [0.05, 0.1) is 5.92 Å². The Bertz CT molecular complexity index is 1070. The van der Waals surface area contributed by atoms with Gasteiger partial charge in [-0.15, -0.1) is 0 Å². The summed E-state index contributed by atoms with van der Waals surface area (Å²) in [6.07, 6.45) is 9.09. The van der Waals surface area contributed by atoms with Crippen LogP contribution in [0.25, 0.3) is 11.2 Å². The molecule has 5 rings (SSSR count). The summed E-state index contributed by atoms with van der Waals surface area (Å²) in [4.78, 5) is 29.3. The molecule has 31 heavy (non-hydrogen) atoms. The molecule has 162 valence electrons. The van der Waals surface area contributed by atoms with Crippen LogP contribution in [0.15, 0.2) is 30.6 Å². The van der Waals surface area contributed by atoms with Crippen LogP contribution in [0.2, 0.25) is 0 Å². The lowest BCUT2D eigenvalue weighted by Gasteiger charge is -2.32. The van der Waals surface area contributed by atoms with E-state index in [0.717, 1.165) is 67.3 Å². The molecular weight excluding hydrogens is 388 g/mol. The van der Waals surface area contributed by atoms with Crippen LogP contribution >= 0.6 is 0 Å². The summed E-state index contributed by atoms with van der Waals surface area (Å²) in [6.45, 7) is 4.66. The van der Waals surface area contributed by atoms with E-state index >= 15 is 0 Å². The maximum atomic E-state index is 13.0. The fraction of sp³-hybridized carbons (Fsp3) is 0.500. The number of anilines is 2. The molecule has 3 aromatic rings. The summed E-state index contributed by atoms with van der Waals surface area (Å²) < 4.78 is 2.27. The Morgan fingerprint density at radius 2 is 1.97 bits per heavy atom. The lowest BCUT2D eigenvalue weighted by atomic mass is 9.97. The molecule has 2 aliphatic rings. The molecule has 0 radical (unpaired) electrons. The molecule has 2 aromatic heterocycles. The Balaban J connectivity index is 1.35. The minimum Gasteiger partial charge on any atom is -0.354 e. The van der Waals surface area contributed by atoms with Gasteiger partial charge in [-0.2, -0.15) is 0 Å². The lowest BCUT2D eigenvalue weighted by molar-refractivity contribution is -0.120. The number of fused-ring (bicyclic) bond motifs is 3. The zero-order chi connectivity index (χ0) is 21.2. The summed E-state index contributed by atoms with van der Waals surface area (Å²) in [5.41, 5.74) is 3.95. The van der Waals surface area contributed by atoms with Gasteiger partial charge < -0.3 is 14.8 Å². The van der Waals surface area contributed by atoms with Crippen LogP contribution in [0, 0.1) is 5.92 Å². The molecular formula is C24H30N6O. The largest absolute Gasteiger partial charge is 0.354 e. The maximum Gasteiger partial charge on any atom is 0.229 e. The highest BCUT2D eigenvalue weighted by Crippen LogP contribution is 2.29. The number of benzene rings is 1. The molecule has 0 aliphatic carbocycles. The monoisotopic (exact) mass is 418 g/mol. The molecule has 1 saturated heterocycles. The summed E-state index contributed by atoms with van der Waals surface area (Å²) in [6, 6.07) is 8.12. The molecule has 7 heteroatoms. The second-order valence-electron chi connectivity index (χ2n) is 8.68. The van der Waals surface area contributed by atoms with Gasteiger partial charge in [-0.1, -0.05) is 25.5 Å². The summed E-state index contributed by atoms with van der Waals surface area (Å²) in [5.74, 6) is 2.01. The number of nitrogens with one attached hydrogen (secondary N) is 1. The SMILES string of the molecule is CCc1ccc(NC(=O)[C@H]2CCCN(c3ncnc4c3nc3n4CCCCC3)C2)cc1. The molecule has 4 heterocycles. The Labute approximate surface area is 182 Å². The van der Waals surface area contributed by atoms with Crippen molar-refractivity contribution in [2.24, 2.45) is 5.92 Å². The van der Waals surface area contributed by atoms with Gasteiger partial charge in [-0.3, -0.25) is 4.79 Å². The molecule has 0 spiro atoms. The third kappa shape index (κ3) is 4.01. The normalized spacial score (nSPS) is 19.1. The molecule has 0 saturated carbocycles. The van der Waals surface area contributed by atoms with Gasteiger partial charge in [-0.05, 0) is 49.8 Å². The Kier molecular flexibility index (Phi) is 5.57. The van der Waals surface area contributed by atoms with E-state index in [1.54, 1.807) is 6.33 Å². The van der Waals surface area contributed by atoms with Gasteiger partial charge in [0.15, 0.2) is 17.0 Å². The van der Waals surface area contributed by atoms with Crippen LogP contribution in [0.4, 0.5) is 11.5 Å². The number of rotatable bonds is 4. The van der Waals surface area contributed by atoms with E-state index in [9.17, 15) is 4.79 Å². The van der Waals surface area contributed by atoms with Crippen LogP contribution in [0.3, 0.4) is 0 Å². The van der Waals surface area contributed by atoms with Gasteiger partial charge in [-0.25, -0.2) is 15.0 Å². The van der Waals surface area contributed by atoms with Crippen molar-refractivity contribution in [2.45, 2.75) is 58.4 Å². The highest BCUT2D eigenvalue weighted by Gasteiger charge is 2.29. The first-order valence-electron chi connectivity index (χ1n) is 11.6. The highest BCUT2D eigenvalue weighted by molar-refractivity contribution is 5.93. The minimum absolute atomic E-state index is 0.0648. The second kappa shape index (κ2) is 8.65. The van der Waals surface area contributed by atoms with Crippen molar-refractivity contribution in [1.82, 2.24) is 19.5 Å². The molecule has 7 nitrogen and oxygen atoms in total. The van der Waals surface area contributed by atoms with E-state index in [2.05, 4.69) is 43.8 Å². The van der Waals surface area contributed by atoms with Crippen molar-refractivity contribution in [3.8, 4) is 0 Å². The van der Waals surface area contributed by atoms with E-state index in [1.165, 1.54) is 24.8 Å². The minimum atomic E-state index is -0.0648. The van der Waals surface area contributed by atoms with Gasteiger partial charge in [0.2, 0.25) is 5.91 Å². The van der Waals surface area contributed by atoms with E-state index in [1.807, 2.05) is 12.1 Å². The van der Waals surface area contributed by atoms with Crippen LogP contribution < -0.4 is 10.2 Å². The zero-order valence-corrected chi connectivity index (χ0v) is 18.2. The van der Waals surface area contributed by atoms with Crippen molar-refractivity contribution in [3.63, 3.8) is 0 Å². The van der Waals surface area contributed by atoms with Gasteiger partial charge in [0.1, 0.15) is 12.2 Å². The van der Waals surface area contributed by atoms with Gasteiger partial charge in [0, 0.05) is 31.7 Å². The first-order chi connectivity index (χ1) is 15.2. The summed E-state index contributed by atoms with van der Waals surface area (Å²) >= 11 is 0. The van der Waals surface area contributed by atoms with E-state index in [-0.39, 0.29) is 11.8 Å². The number of carbonyl (C=O) groups excluding carboxylic acids is 1. The molecule has 1 fully saturated rings. The smallest absolute Gasteiger partial charge is 0.229 e. The average Bonchev–Trinajstić information content (AvgIpc) is 3.00. The van der Waals surface area contributed by atoms with Crippen molar-refractivity contribution < 1.29 is 4.79 Å². The van der Waals surface area contributed by atoms with Crippen molar-refractivity contribution in [1.29, 1.82) is 0 Å². The molecule has 2 aliphatic heterocycles. The number of hydrogen-bond acceptors (Lipinski definition) is 5. The summed E-state index contributed by atoms with van der Waals surface area (Å²) in [7, 11) is 0. The number of imidazole rings is 1. The third-order valence-electron chi connectivity index (χ3n) is 6.60. The van der Waals surface area contributed by atoms with Gasteiger partial charge in [0.25, 0.3) is 0 Å². The lowest BCUT2D eigenvalue weighted by Crippen LogP contribution is -2.41. The second-order valence-corrected chi connectivity index (χ2v) is 8.68. The van der Waals surface area contributed by atoms with Crippen LogP contribution in [-0.2, 0) is 24.2 Å². The topological polar surface area (TPSA) is 75.9 Å². The van der Waals surface area contributed by atoms with E-state index in [4.69, 9.17) is 4.98 Å². The Hall–Kier alpha value is -2.96. The Morgan fingerprint density at radius 3 is 2.81 bits per heavy atom. The van der Waals surface area contributed by atoms with Crippen molar-refractivity contribution in [3.05, 3.63) is 42.0 Å². The van der Waals surface area contributed by atoms with Crippen molar-refractivity contribution in [2.75, 3.05) is 23.3 Å². The molecule has 1 aromatic carbocycles. The van der Waals surface area contributed by atoms with Gasteiger partial charge >= 0.3 is 0 Å². The fourth-order valence-corrected chi connectivity index (χ4v) is 4.81. The van der Waals surface area contributed by atoms with Crippen molar-refractivity contribution >= 4 is 28.6 Å². The number of nitrogens with zero attached hydrogens (tertiary/aromatic N) is 5. The highest BCUT2D eigenvalue weighted by atomic mass is 16.1. The molecule has 1 atom stereocenters. The van der Waals surface area contributed by atoms with E-state index in [0.29, 0.717) is 6.54 Å². The van der Waals surface area contributed by atoms with Crippen LogP contribution in [-0.4, -0.2) is 38.5 Å². The van der Waals surface area contributed by atoms with Crippen LogP contribution in [0.5, 0.6) is 0 Å². The predicted octanol–water partition coefficient (Wildman–Crippen LogP) is 3.97. The molecule has 1 N–H and O–H groups in total. The quantitative estimate of drug-likeness (QED) is 0.694. The molecule has 1 amide bonds. The number of hydrogen-bond donors (Lipinski definition) is 1. The average molecular weight is 419 g/mol. The molecule has 0 unspecified atom stereocenters. The first-order valence-corrected chi connectivity index (χ1v) is 11.6. The molecule has 0 bridgehead atoms.